The van der Waals surface area contributed by atoms with Crippen LogP contribution < -0.4 is 5.32 Å². The summed E-state index contributed by atoms with van der Waals surface area (Å²) in [5.41, 5.74) is 2.37. The Morgan fingerprint density at radius 3 is 2.72 bits per heavy atom. The van der Waals surface area contributed by atoms with E-state index in [4.69, 9.17) is 0 Å². The van der Waals surface area contributed by atoms with Crippen LogP contribution in [-0.4, -0.2) is 50.0 Å². The molecule has 0 atom stereocenters. The number of halogens is 1. The molecular weight excluding hydrogens is 315 g/mol. The molecule has 0 unspecified atom stereocenters. The molecule has 1 spiro atoms. The number of guanidine groups is 1. The molecule has 1 saturated carbocycles. The van der Waals surface area contributed by atoms with Crippen LogP contribution in [0.3, 0.4) is 0 Å². The fourth-order valence-electron chi connectivity index (χ4n) is 4.36. The SMILES string of the molecule is CN=C(NCc1ccc(F)c(CN(C)C)c1)N1CCC2(CCCC2)C1. The minimum Gasteiger partial charge on any atom is -0.352 e. The van der Waals surface area contributed by atoms with Gasteiger partial charge in [0.1, 0.15) is 5.82 Å². The van der Waals surface area contributed by atoms with Gasteiger partial charge in [0.15, 0.2) is 5.96 Å². The first-order valence-corrected chi connectivity index (χ1v) is 9.39. The third kappa shape index (κ3) is 4.32. The summed E-state index contributed by atoms with van der Waals surface area (Å²) in [6, 6.07) is 5.39. The Morgan fingerprint density at radius 1 is 1.28 bits per heavy atom. The van der Waals surface area contributed by atoms with E-state index in [-0.39, 0.29) is 5.82 Å². The van der Waals surface area contributed by atoms with E-state index in [1.807, 2.05) is 38.2 Å². The van der Waals surface area contributed by atoms with E-state index in [0.717, 1.165) is 30.2 Å². The van der Waals surface area contributed by atoms with Crippen LogP contribution in [0.15, 0.2) is 23.2 Å². The molecule has 2 fully saturated rings. The molecule has 0 radical (unpaired) electrons. The number of rotatable bonds is 4. The van der Waals surface area contributed by atoms with E-state index in [0.29, 0.717) is 18.5 Å². The smallest absolute Gasteiger partial charge is 0.193 e. The fraction of sp³-hybridized carbons (Fsp3) is 0.650. The van der Waals surface area contributed by atoms with Crippen LogP contribution in [0, 0.1) is 11.2 Å². The fourth-order valence-corrected chi connectivity index (χ4v) is 4.36. The minimum atomic E-state index is -0.135. The first-order chi connectivity index (χ1) is 12.0. The average molecular weight is 346 g/mol. The number of likely N-dealkylation sites (tertiary alicyclic amines) is 1. The van der Waals surface area contributed by atoms with Crippen molar-refractivity contribution in [3.63, 3.8) is 0 Å². The van der Waals surface area contributed by atoms with E-state index in [9.17, 15) is 4.39 Å². The molecule has 1 aromatic carbocycles. The molecule has 5 heteroatoms. The predicted molar refractivity (Wildman–Crippen MR) is 101 cm³/mol. The number of aliphatic imine (C=N–C) groups is 1. The molecule has 138 valence electrons. The Kier molecular flexibility index (Phi) is 5.62. The van der Waals surface area contributed by atoms with E-state index < -0.39 is 0 Å². The summed E-state index contributed by atoms with van der Waals surface area (Å²) in [6.07, 6.45) is 6.78. The number of nitrogens with one attached hydrogen (secondary N) is 1. The van der Waals surface area contributed by atoms with Crippen LogP contribution in [-0.2, 0) is 13.1 Å². The van der Waals surface area contributed by atoms with Gasteiger partial charge in [0.05, 0.1) is 0 Å². The van der Waals surface area contributed by atoms with Crippen LogP contribution in [0.4, 0.5) is 4.39 Å². The number of hydrogen-bond acceptors (Lipinski definition) is 2. The predicted octanol–water partition coefficient (Wildman–Crippen LogP) is 3.23. The Balaban J connectivity index is 1.60. The van der Waals surface area contributed by atoms with Crippen LogP contribution >= 0.6 is 0 Å². The molecule has 0 bridgehead atoms. The van der Waals surface area contributed by atoms with Crippen molar-refractivity contribution >= 4 is 5.96 Å². The van der Waals surface area contributed by atoms with Gasteiger partial charge in [-0.1, -0.05) is 18.9 Å². The molecule has 25 heavy (non-hydrogen) atoms. The van der Waals surface area contributed by atoms with Crippen molar-refractivity contribution in [1.29, 1.82) is 0 Å². The van der Waals surface area contributed by atoms with Crippen molar-refractivity contribution in [3.8, 4) is 0 Å². The Bertz CT molecular complexity index is 620. The van der Waals surface area contributed by atoms with Crippen molar-refractivity contribution in [2.45, 2.75) is 45.2 Å². The molecule has 3 rings (SSSR count). The van der Waals surface area contributed by atoms with Crippen LogP contribution in [0.2, 0.25) is 0 Å². The maximum absolute atomic E-state index is 13.9. The number of nitrogens with zero attached hydrogens (tertiary/aromatic N) is 3. The molecule has 1 aliphatic carbocycles. The van der Waals surface area contributed by atoms with E-state index >= 15 is 0 Å². The number of benzene rings is 1. The molecule has 1 saturated heterocycles. The molecule has 0 amide bonds. The van der Waals surface area contributed by atoms with Gasteiger partial charge in [-0.05, 0) is 56.5 Å². The van der Waals surface area contributed by atoms with E-state index in [2.05, 4.69) is 15.2 Å². The van der Waals surface area contributed by atoms with Gasteiger partial charge in [0, 0.05) is 38.8 Å². The van der Waals surface area contributed by atoms with Gasteiger partial charge in [0.2, 0.25) is 0 Å². The summed E-state index contributed by atoms with van der Waals surface area (Å²) >= 11 is 0. The largest absolute Gasteiger partial charge is 0.352 e. The summed E-state index contributed by atoms with van der Waals surface area (Å²) in [4.78, 5) is 8.86. The Labute approximate surface area is 151 Å². The molecule has 4 nitrogen and oxygen atoms in total. The zero-order valence-electron chi connectivity index (χ0n) is 15.8. The lowest BCUT2D eigenvalue weighted by molar-refractivity contribution is 0.309. The first kappa shape index (κ1) is 18.2. The Morgan fingerprint density at radius 2 is 2.04 bits per heavy atom. The van der Waals surface area contributed by atoms with Crippen molar-refractivity contribution < 1.29 is 4.39 Å². The second kappa shape index (κ2) is 7.73. The standard InChI is InChI=1S/C20H31FN4/c1-22-19(25-11-10-20(15-25)8-4-5-9-20)23-13-16-6-7-18(21)17(12-16)14-24(2)3/h6-7,12H,4-5,8-11,13-15H2,1-3H3,(H,22,23). The van der Waals surface area contributed by atoms with Crippen LogP contribution in [0.25, 0.3) is 0 Å². The zero-order chi connectivity index (χ0) is 17.9. The minimum absolute atomic E-state index is 0.135. The van der Waals surface area contributed by atoms with Gasteiger partial charge < -0.3 is 15.1 Å². The molecule has 1 aromatic rings. The van der Waals surface area contributed by atoms with Gasteiger partial charge in [-0.25, -0.2) is 4.39 Å². The van der Waals surface area contributed by atoms with Crippen molar-refractivity contribution in [1.82, 2.24) is 15.1 Å². The summed E-state index contributed by atoms with van der Waals surface area (Å²) in [7, 11) is 5.76. The summed E-state index contributed by atoms with van der Waals surface area (Å²) in [5, 5.41) is 3.47. The average Bonchev–Trinajstić information content (AvgIpc) is 3.21. The van der Waals surface area contributed by atoms with Gasteiger partial charge in [0.25, 0.3) is 0 Å². The lowest BCUT2D eigenvalue weighted by Gasteiger charge is -2.26. The van der Waals surface area contributed by atoms with Crippen molar-refractivity contribution in [2.75, 3.05) is 34.2 Å². The maximum atomic E-state index is 13.9. The number of hydrogen-bond donors (Lipinski definition) is 1. The molecule has 2 aliphatic rings. The van der Waals surface area contributed by atoms with Gasteiger partial charge in [-0.3, -0.25) is 4.99 Å². The maximum Gasteiger partial charge on any atom is 0.193 e. The third-order valence-electron chi connectivity index (χ3n) is 5.66. The highest BCUT2D eigenvalue weighted by Crippen LogP contribution is 2.45. The quantitative estimate of drug-likeness (QED) is 0.671. The van der Waals surface area contributed by atoms with E-state index in [1.54, 1.807) is 6.07 Å². The molecular formula is C20H31FN4. The normalized spacial score (nSPS) is 20.0. The van der Waals surface area contributed by atoms with Crippen LogP contribution in [0.5, 0.6) is 0 Å². The molecule has 1 aliphatic heterocycles. The third-order valence-corrected chi connectivity index (χ3v) is 5.66. The highest BCUT2D eigenvalue weighted by Gasteiger charge is 2.41. The zero-order valence-corrected chi connectivity index (χ0v) is 15.8. The lowest BCUT2D eigenvalue weighted by atomic mass is 9.86. The highest BCUT2D eigenvalue weighted by atomic mass is 19.1. The summed E-state index contributed by atoms with van der Waals surface area (Å²) in [6.45, 7) is 3.51. The van der Waals surface area contributed by atoms with Crippen molar-refractivity contribution in [3.05, 3.63) is 35.1 Å². The van der Waals surface area contributed by atoms with Crippen molar-refractivity contribution in [2.24, 2.45) is 10.4 Å². The lowest BCUT2D eigenvalue weighted by Crippen LogP contribution is -2.40. The van der Waals surface area contributed by atoms with Gasteiger partial charge >= 0.3 is 0 Å². The van der Waals surface area contributed by atoms with Gasteiger partial charge in [-0.15, -0.1) is 0 Å². The second-order valence-corrected chi connectivity index (χ2v) is 7.94. The molecule has 1 heterocycles. The van der Waals surface area contributed by atoms with Crippen LogP contribution in [0.1, 0.15) is 43.2 Å². The van der Waals surface area contributed by atoms with E-state index in [1.165, 1.54) is 32.1 Å². The summed E-state index contributed by atoms with van der Waals surface area (Å²) in [5.74, 6) is 0.840. The topological polar surface area (TPSA) is 30.9 Å². The summed E-state index contributed by atoms with van der Waals surface area (Å²) < 4.78 is 13.9. The van der Waals surface area contributed by atoms with Gasteiger partial charge in [-0.2, -0.15) is 0 Å². The molecule has 1 N–H and O–H groups in total. The Hall–Kier alpha value is -1.62. The highest BCUT2D eigenvalue weighted by molar-refractivity contribution is 5.80. The first-order valence-electron chi connectivity index (χ1n) is 9.39. The second-order valence-electron chi connectivity index (χ2n) is 7.94. The molecule has 0 aromatic heterocycles. The monoisotopic (exact) mass is 346 g/mol.